The summed E-state index contributed by atoms with van der Waals surface area (Å²) in [6.45, 7) is 0. The van der Waals surface area contributed by atoms with Crippen LogP contribution in [0.1, 0.15) is 10.4 Å². The molecule has 0 bridgehead atoms. The quantitative estimate of drug-likeness (QED) is 0.624. The lowest BCUT2D eigenvalue weighted by Gasteiger charge is -2.03. The largest absolute Gasteiger partial charge is 0.302 e. The molecule has 0 fully saturated rings. The van der Waals surface area contributed by atoms with Gasteiger partial charge in [0.2, 0.25) is 0 Å². The van der Waals surface area contributed by atoms with Gasteiger partial charge in [0, 0.05) is 6.26 Å². The van der Waals surface area contributed by atoms with Gasteiger partial charge in [0.05, 0.1) is 9.72 Å². The van der Waals surface area contributed by atoms with Crippen LogP contribution in [0.2, 0.25) is 0 Å². The predicted octanol–water partition coefficient (Wildman–Crippen LogP) is 1.73. The van der Waals surface area contributed by atoms with Crippen molar-refractivity contribution in [3.8, 4) is 0 Å². The van der Waals surface area contributed by atoms with Gasteiger partial charge in [0.25, 0.3) is 0 Å². The van der Waals surface area contributed by atoms with Crippen LogP contribution in [0, 0.1) is 0 Å². The third-order valence-corrected chi connectivity index (χ3v) is 3.62. The number of aldehydes is 1. The number of sulfone groups is 1. The lowest BCUT2D eigenvalue weighted by Crippen LogP contribution is -1.98. The van der Waals surface area contributed by atoms with Crippen LogP contribution in [0.4, 0.5) is 0 Å². The van der Waals surface area contributed by atoms with Gasteiger partial charge < -0.3 is 4.79 Å². The zero-order valence-electron chi connectivity index (χ0n) is 7.48. The van der Waals surface area contributed by atoms with Gasteiger partial charge >= 0.3 is 0 Å². The van der Waals surface area contributed by atoms with E-state index >= 15 is 0 Å². The third kappa shape index (κ3) is 2.65. The smallest absolute Gasteiger partial charge is 0.175 e. The summed E-state index contributed by atoms with van der Waals surface area (Å²) in [7, 11) is -3.16. The molecule has 0 saturated carbocycles. The van der Waals surface area contributed by atoms with Crippen molar-refractivity contribution in [2.24, 2.45) is 0 Å². The fourth-order valence-electron chi connectivity index (χ4n) is 0.977. The highest BCUT2D eigenvalue weighted by atomic mass is 79.9. The molecule has 0 amide bonds. The number of carbonyl (C=O) groups is 1. The van der Waals surface area contributed by atoms with Crippen molar-refractivity contribution in [2.45, 2.75) is 9.72 Å². The lowest BCUT2D eigenvalue weighted by atomic mass is 10.2. The van der Waals surface area contributed by atoms with E-state index < -0.39 is 9.84 Å². The van der Waals surface area contributed by atoms with Crippen LogP contribution in [0.25, 0.3) is 0 Å². The molecule has 76 valence electrons. The highest BCUT2D eigenvalue weighted by Gasteiger charge is 2.09. The van der Waals surface area contributed by atoms with Crippen LogP contribution in [0.3, 0.4) is 0 Å². The number of carbonyl (C=O) groups excluding carboxylic acids is 1. The van der Waals surface area contributed by atoms with Crippen molar-refractivity contribution in [1.82, 2.24) is 0 Å². The minimum atomic E-state index is -3.16. The van der Waals surface area contributed by atoms with Crippen molar-refractivity contribution in [3.63, 3.8) is 0 Å². The van der Waals surface area contributed by atoms with E-state index in [1.54, 1.807) is 12.1 Å². The second kappa shape index (κ2) is 4.23. The molecule has 0 spiro atoms. The van der Waals surface area contributed by atoms with E-state index in [-0.39, 0.29) is 9.72 Å². The van der Waals surface area contributed by atoms with Gasteiger partial charge in [0.15, 0.2) is 9.84 Å². The summed E-state index contributed by atoms with van der Waals surface area (Å²) >= 11 is 3.14. The molecule has 0 radical (unpaired) electrons. The Bertz CT molecular complexity index is 422. The second-order valence-corrected chi connectivity index (χ2v) is 5.88. The third-order valence-electron chi connectivity index (χ3n) is 1.75. The molecule has 1 unspecified atom stereocenters. The van der Waals surface area contributed by atoms with E-state index in [0.29, 0.717) is 0 Å². The van der Waals surface area contributed by atoms with Crippen molar-refractivity contribution >= 4 is 32.1 Å². The van der Waals surface area contributed by atoms with Gasteiger partial charge in [-0.25, -0.2) is 8.42 Å². The first-order valence-electron chi connectivity index (χ1n) is 3.84. The summed E-state index contributed by atoms with van der Waals surface area (Å²) in [5, 5.41) is 0. The number of hydrogen-bond donors (Lipinski definition) is 0. The fourth-order valence-corrected chi connectivity index (χ4v) is 1.91. The van der Waals surface area contributed by atoms with Crippen LogP contribution >= 0.6 is 15.9 Å². The molecule has 0 N–H and O–H groups in total. The van der Waals surface area contributed by atoms with Crippen molar-refractivity contribution < 1.29 is 13.2 Å². The number of benzene rings is 1. The van der Waals surface area contributed by atoms with Crippen molar-refractivity contribution in [2.75, 3.05) is 6.26 Å². The summed E-state index contributed by atoms with van der Waals surface area (Å²) < 4.78 is 22.2. The summed E-state index contributed by atoms with van der Waals surface area (Å²) in [6.07, 6.45) is 1.89. The van der Waals surface area contributed by atoms with Gasteiger partial charge in [-0.05, 0) is 17.7 Å². The first kappa shape index (κ1) is 11.4. The highest BCUT2D eigenvalue weighted by molar-refractivity contribution is 9.09. The monoisotopic (exact) mass is 276 g/mol. The van der Waals surface area contributed by atoms with E-state index in [2.05, 4.69) is 15.9 Å². The number of alkyl halides is 1. The zero-order chi connectivity index (χ0) is 10.8. The molecule has 1 rings (SSSR count). The minimum Gasteiger partial charge on any atom is -0.302 e. The summed E-state index contributed by atoms with van der Waals surface area (Å²) in [5.74, 6) is 0. The second-order valence-electron chi connectivity index (χ2n) is 2.88. The lowest BCUT2D eigenvalue weighted by molar-refractivity contribution is -0.107. The number of rotatable bonds is 3. The topological polar surface area (TPSA) is 51.2 Å². The van der Waals surface area contributed by atoms with E-state index in [0.717, 1.165) is 18.1 Å². The van der Waals surface area contributed by atoms with E-state index in [1.165, 1.54) is 12.1 Å². The molecule has 1 atom stereocenters. The average Bonchev–Trinajstić information content (AvgIpc) is 2.15. The Morgan fingerprint density at radius 2 is 1.79 bits per heavy atom. The van der Waals surface area contributed by atoms with Gasteiger partial charge in [0.1, 0.15) is 6.29 Å². The molecule has 0 aliphatic carbocycles. The molecule has 14 heavy (non-hydrogen) atoms. The molecule has 0 aromatic heterocycles. The normalized spacial score (nSPS) is 13.6. The van der Waals surface area contributed by atoms with E-state index in [1.807, 2.05) is 0 Å². The maximum Gasteiger partial charge on any atom is 0.175 e. The molecule has 5 heteroatoms. The summed E-state index contributed by atoms with van der Waals surface area (Å²) in [6, 6.07) is 6.21. The molecule has 0 aliphatic rings. The van der Waals surface area contributed by atoms with Crippen LogP contribution < -0.4 is 0 Å². The van der Waals surface area contributed by atoms with Crippen molar-refractivity contribution in [1.29, 1.82) is 0 Å². The van der Waals surface area contributed by atoms with Crippen LogP contribution in [0.15, 0.2) is 29.2 Å². The Balaban J connectivity index is 3.07. The molecule has 0 heterocycles. The molecule has 0 saturated heterocycles. The number of halogens is 1. The summed E-state index contributed by atoms with van der Waals surface area (Å²) in [4.78, 5) is 10.3. The molecule has 3 nitrogen and oxygen atoms in total. The molecule has 0 aliphatic heterocycles. The van der Waals surface area contributed by atoms with Crippen LogP contribution in [0.5, 0.6) is 0 Å². The standard InChI is InChI=1S/C9H9BrO3S/c1-14(12,13)8-4-2-7(3-5-8)9(10)6-11/h2-6,9H,1H3. The fraction of sp³-hybridized carbons (Fsp3) is 0.222. The predicted molar refractivity (Wildman–Crippen MR) is 57.3 cm³/mol. The van der Waals surface area contributed by atoms with Gasteiger partial charge in [-0.15, -0.1) is 0 Å². The molecule has 1 aromatic rings. The van der Waals surface area contributed by atoms with Crippen LogP contribution in [-0.2, 0) is 14.6 Å². The summed E-state index contributed by atoms with van der Waals surface area (Å²) in [5.41, 5.74) is 0.743. The molecular formula is C9H9BrO3S. The average molecular weight is 277 g/mol. The maximum absolute atomic E-state index is 11.1. The van der Waals surface area contributed by atoms with Gasteiger partial charge in [-0.3, -0.25) is 0 Å². The molecular weight excluding hydrogens is 268 g/mol. The van der Waals surface area contributed by atoms with Crippen LogP contribution in [-0.4, -0.2) is 21.0 Å². The maximum atomic E-state index is 11.1. The Morgan fingerprint density at radius 3 is 2.14 bits per heavy atom. The first-order valence-corrected chi connectivity index (χ1v) is 6.65. The first-order chi connectivity index (χ1) is 6.45. The Morgan fingerprint density at radius 1 is 1.29 bits per heavy atom. The SMILES string of the molecule is CS(=O)(=O)c1ccc(C(Br)C=O)cc1. The Labute approximate surface area is 91.2 Å². The Hall–Kier alpha value is -0.680. The van der Waals surface area contributed by atoms with Gasteiger partial charge in [-0.2, -0.15) is 0 Å². The highest BCUT2D eigenvalue weighted by Crippen LogP contribution is 2.21. The Kier molecular flexibility index (Phi) is 3.44. The van der Waals surface area contributed by atoms with E-state index in [9.17, 15) is 13.2 Å². The number of hydrogen-bond acceptors (Lipinski definition) is 3. The minimum absolute atomic E-state index is 0.256. The van der Waals surface area contributed by atoms with E-state index in [4.69, 9.17) is 0 Å². The molecule has 1 aromatic carbocycles. The van der Waals surface area contributed by atoms with Gasteiger partial charge in [-0.1, -0.05) is 28.1 Å². The van der Waals surface area contributed by atoms with Crippen molar-refractivity contribution in [3.05, 3.63) is 29.8 Å². The zero-order valence-corrected chi connectivity index (χ0v) is 9.88.